The molecule has 3 aliphatic heterocycles. The highest BCUT2D eigenvalue weighted by molar-refractivity contribution is 5.93. The van der Waals surface area contributed by atoms with Crippen LogP contribution < -0.4 is 4.90 Å². The first-order valence-electron chi connectivity index (χ1n) is 12.0. The van der Waals surface area contributed by atoms with Gasteiger partial charge in [0.25, 0.3) is 6.10 Å². The molecule has 1 aromatic carbocycles. The van der Waals surface area contributed by atoms with Crippen LogP contribution in [0.5, 0.6) is 0 Å². The van der Waals surface area contributed by atoms with Gasteiger partial charge in [0, 0.05) is 39.6 Å². The summed E-state index contributed by atoms with van der Waals surface area (Å²) in [5.74, 6) is -0.00108. The molecule has 0 saturated carbocycles. The lowest BCUT2D eigenvalue weighted by Gasteiger charge is -2.39. The summed E-state index contributed by atoms with van der Waals surface area (Å²) in [7, 11) is 0. The van der Waals surface area contributed by atoms with Crippen molar-refractivity contribution in [3.05, 3.63) is 29.3 Å². The minimum Gasteiger partial charge on any atom is -0.426 e. The molecule has 6 nitrogen and oxygen atoms in total. The number of benzene rings is 1. The number of aryl methyl sites for hydroxylation is 1. The predicted molar refractivity (Wildman–Crippen MR) is 118 cm³/mol. The summed E-state index contributed by atoms with van der Waals surface area (Å²) in [6.07, 6.45) is -13.6. The summed E-state index contributed by atoms with van der Waals surface area (Å²) in [4.78, 5) is 29.3. The molecule has 2 amide bonds. The maximum absolute atomic E-state index is 12.7. The second kappa shape index (κ2) is 9.75. The van der Waals surface area contributed by atoms with Crippen molar-refractivity contribution in [3.8, 4) is 0 Å². The lowest BCUT2D eigenvalue weighted by molar-refractivity contribution is -0.308. The Balaban J connectivity index is 1.36. The molecule has 3 aliphatic rings. The number of ether oxygens (including phenoxy) is 1. The molecule has 1 spiro atoms. The van der Waals surface area contributed by atoms with Crippen molar-refractivity contribution in [2.45, 2.75) is 64.0 Å². The van der Waals surface area contributed by atoms with Crippen molar-refractivity contribution in [1.29, 1.82) is 0 Å². The van der Waals surface area contributed by atoms with Gasteiger partial charge in [0.15, 0.2) is 0 Å². The number of hydrogen-bond donors (Lipinski definition) is 0. The Hall–Kier alpha value is -2.50. The maximum atomic E-state index is 12.7. The summed E-state index contributed by atoms with van der Waals surface area (Å²) in [6, 6.07) is 6.04. The standard InChI is InChI=1S/C24H29F6N3O3/c1-16(34)33-10-3-6-17-4-2-5-18(19(17)33)14-31-11-7-22(15-31)8-12-32(13-9-22)21(35)36-20(23(25,26)27)24(28,29)30/h2,4-5,20H,3,6-15H2,1H3. The monoisotopic (exact) mass is 521 g/mol. The molecule has 2 saturated heterocycles. The number of anilines is 1. The van der Waals surface area contributed by atoms with E-state index in [1.54, 1.807) is 6.92 Å². The molecule has 0 unspecified atom stereocenters. The topological polar surface area (TPSA) is 53.1 Å². The first-order chi connectivity index (χ1) is 16.8. The number of rotatable bonds is 3. The SMILES string of the molecule is CC(=O)N1CCCc2cccc(CN3CCC4(CCN(C(=O)OC(C(F)(F)F)C(F)(F)F)CC4)C3)c21. The van der Waals surface area contributed by atoms with Crippen molar-refractivity contribution >= 4 is 17.7 Å². The van der Waals surface area contributed by atoms with E-state index in [1.807, 2.05) is 23.1 Å². The van der Waals surface area contributed by atoms with E-state index in [2.05, 4.69) is 9.64 Å². The largest absolute Gasteiger partial charge is 0.434 e. The van der Waals surface area contributed by atoms with Crippen LogP contribution in [0.2, 0.25) is 0 Å². The fraction of sp³-hybridized carbons (Fsp3) is 0.667. The predicted octanol–water partition coefficient (Wildman–Crippen LogP) is 4.90. The van der Waals surface area contributed by atoms with E-state index in [4.69, 9.17) is 0 Å². The van der Waals surface area contributed by atoms with Gasteiger partial charge in [-0.1, -0.05) is 18.2 Å². The average Bonchev–Trinajstić information content (AvgIpc) is 3.17. The van der Waals surface area contributed by atoms with E-state index in [0.29, 0.717) is 32.5 Å². The number of piperidine rings is 1. The molecule has 0 aliphatic carbocycles. The fourth-order valence-corrected chi connectivity index (χ4v) is 5.64. The zero-order chi connectivity index (χ0) is 26.3. The van der Waals surface area contributed by atoms with Gasteiger partial charge < -0.3 is 14.5 Å². The number of halogens is 6. The normalized spacial score (nSPS) is 20.7. The molecule has 200 valence electrons. The Morgan fingerprint density at radius 2 is 1.64 bits per heavy atom. The van der Waals surface area contributed by atoms with E-state index in [-0.39, 0.29) is 24.4 Å². The van der Waals surface area contributed by atoms with Gasteiger partial charge in [-0.25, -0.2) is 4.79 Å². The molecule has 0 aromatic heterocycles. The van der Waals surface area contributed by atoms with Crippen LogP contribution >= 0.6 is 0 Å². The lowest BCUT2D eigenvalue weighted by atomic mass is 9.78. The molecule has 0 radical (unpaired) electrons. The van der Waals surface area contributed by atoms with Gasteiger partial charge in [0.05, 0.1) is 5.69 Å². The third-order valence-corrected chi connectivity index (χ3v) is 7.49. The van der Waals surface area contributed by atoms with Crippen molar-refractivity contribution < 1.29 is 40.7 Å². The van der Waals surface area contributed by atoms with Gasteiger partial charge in [-0.3, -0.25) is 9.69 Å². The number of alkyl halides is 6. The Kier molecular flexibility index (Phi) is 7.20. The van der Waals surface area contributed by atoms with Crippen LogP contribution in [0, 0.1) is 5.41 Å². The van der Waals surface area contributed by atoms with Gasteiger partial charge in [-0.05, 0) is 55.2 Å². The van der Waals surface area contributed by atoms with Crippen LogP contribution in [0.15, 0.2) is 18.2 Å². The third kappa shape index (κ3) is 5.57. The summed E-state index contributed by atoms with van der Waals surface area (Å²) in [6.45, 7) is 4.42. The highest BCUT2D eigenvalue weighted by Gasteiger charge is 2.60. The second-order valence-electron chi connectivity index (χ2n) is 9.99. The van der Waals surface area contributed by atoms with Crippen LogP contribution in [0.25, 0.3) is 0 Å². The molecule has 2 fully saturated rings. The Bertz CT molecular complexity index is 974. The van der Waals surface area contributed by atoms with Gasteiger partial charge in [-0.15, -0.1) is 0 Å². The number of amides is 2. The van der Waals surface area contributed by atoms with E-state index in [9.17, 15) is 35.9 Å². The number of hydrogen-bond acceptors (Lipinski definition) is 4. The van der Waals surface area contributed by atoms with Crippen molar-refractivity contribution in [2.24, 2.45) is 5.41 Å². The summed E-state index contributed by atoms with van der Waals surface area (Å²) in [5, 5.41) is 0. The Labute approximate surface area is 205 Å². The van der Waals surface area contributed by atoms with Crippen molar-refractivity contribution in [3.63, 3.8) is 0 Å². The minimum absolute atomic E-state index is 0.00108. The van der Waals surface area contributed by atoms with E-state index < -0.39 is 24.5 Å². The molecule has 36 heavy (non-hydrogen) atoms. The smallest absolute Gasteiger partial charge is 0.426 e. The Morgan fingerprint density at radius 1 is 1.00 bits per heavy atom. The highest BCUT2D eigenvalue weighted by atomic mass is 19.4. The van der Waals surface area contributed by atoms with Crippen LogP contribution in [-0.2, 0) is 22.5 Å². The number of nitrogens with zero attached hydrogens (tertiary/aromatic N) is 3. The summed E-state index contributed by atoms with van der Waals surface area (Å²) in [5.41, 5.74) is 3.01. The molecule has 0 bridgehead atoms. The van der Waals surface area contributed by atoms with Crippen LogP contribution in [-0.4, -0.2) is 73.0 Å². The first kappa shape index (κ1) is 26.6. The molecule has 0 atom stereocenters. The van der Waals surface area contributed by atoms with Crippen LogP contribution in [0.3, 0.4) is 0 Å². The summed E-state index contributed by atoms with van der Waals surface area (Å²) >= 11 is 0. The van der Waals surface area contributed by atoms with Crippen molar-refractivity contribution in [2.75, 3.05) is 37.6 Å². The number of fused-ring (bicyclic) bond motifs is 1. The first-order valence-corrected chi connectivity index (χ1v) is 12.0. The number of likely N-dealkylation sites (tertiary alicyclic amines) is 2. The molecular weight excluding hydrogens is 492 g/mol. The second-order valence-corrected chi connectivity index (χ2v) is 9.99. The molecule has 4 rings (SSSR count). The Morgan fingerprint density at radius 3 is 2.25 bits per heavy atom. The van der Waals surface area contributed by atoms with E-state index in [0.717, 1.165) is 47.5 Å². The van der Waals surface area contributed by atoms with Crippen LogP contribution in [0.4, 0.5) is 36.8 Å². The number of carbonyl (C=O) groups is 2. The highest BCUT2D eigenvalue weighted by Crippen LogP contribution is 2.42. The maximum Gasteiger partial charge on any atom is 0.434 e. The van der Waals surface area contributed by atoms with Gasteiger partial charge >= 0.3 is 18.4 Å². The summed E-state index contributed by atoms with van der Waals surface area (Å²) < 4.78 is 80.3. The number of carbonyl (C=O) groups excluding carboxylic acids is 2. The van der Waals surface area contributed by atoms with Gasteiger partial charge in [0.2, 0.25) is 5.91 Å². The molecule has 12 heteroatoms. The molecule has 3 heterocycles. The van der Waals surface area contributed by atoms with Crippen molar-refractivity contribution in [1.82, 2.24) is 9.80 Å². The quantitative estimate of drug-likeness (QED) is 0.531. The average molecular weight is 522 g/mol. The van der Waals surface area contributed by atoms with Crippen LogP contribution in [0.1, 0.15) is 43.7 Å². The molecule has 1 aromatic rings. The fourth-order valence-electron chi connectivity index (χ4n) is 5.64. The van der Waals surface area contributed by atoms with Gasteiger partial charge in [-0.2, -0.15) is 26.3 Å². The van der Waals surface area contributed by atoms with E-state index in [1.165, 1.54) is 0 Å². The van der Waals surface area contributed by atoms with Gasteiger partial charge in [0.1, 0.15) is 0 Å². The lowest BCUT2D eigenvalue weighted by Crippen LogP contribution is -2.50. The zero-order valence-electron chi connectivity index (χ0n) is 19.9. The molecule has 0 N–H and O–H groups in total. The number of para-hydroxylation sites is 1. The third-order valence-electron chi connectivity index (χ3n) is 7.49. The van der Waals surface area contributed by atoms with E-state index >= 15 is 0 Å². The molecular formula is C24H29F6N3O3. The zero-order valence-corrected chi connectivity index (χ0v) is 19.9. The minimum atomic E-state index is -5.73.